The van der Waals surface area contributed by atoms with Gasteiger partial charge in [-0.2, -0.15) is 0 Å². The standard InChI is InChI=1S/C17H26N2O2/c1-2-3-9-19-16-8-10-18(13-15-5-4-11-21-15)12-14(16)6-7-17(19)20/h4-5,11,14,16H,2-3,6-10,12-13H2,1H3/t14-,16+/m0/s1. The van der Waals surface area contributed by atoms with Gasteiger partial charge in [0.1, 0.15) is 5.76 Å². The average molecular weight is 290 g/mol. The van der Waals surface area contributed by atoms with Gasteiger partial charge >= 0.3 is 0 Å². The Morgan fingerprint density at radius 3 is 3.05 bits per heavy atom. The van der Waals surface area contributed by atoms with Crippen LogP contribution in [0.2, 0.25) is 0 Å². The van der Waals surface area contributed by atoms with Crippen LogP contribution in [0, 0.1) is 5.92 Å². The third kappa shape index (κ3) is 3.31. The van der Waals surface area contributed by atoms with Gasteiger partial charge in [-0.15, -0.1) is 0 Å². The van der Waals surface area contributed by atoms with Crippen LogP contribution in [-0.2, 0) is 11.3 Å². The number of piperidine rings is 2. The molecule has 0 radical (unpaired) electrons. The zero-order valence-corrected chi connectivity index (χ0v) is 13.0. The van der Waals surface area contributed by atoms with Crippen LogP contribution >= 0.6 is 0 Å². The Kier molecular flexibility index (Phi) is 4.63. The lowest BCUT2D eigenvalue weighted by molar-refractivity contribution is -0.141. The first-order valence-corrected chi connectivity index (χ1v) is 8.32. The van der Waals surface area contributed by atoms with Gasteiger partial charge in [-0.3, -0.25) is 9.69 Å². The number of likely N-dealkylation sites (tertiary alicyclic amines) is 2. The highest BCUT2D eigenvalue weighted by molar-refractivity contribution is 5.77. The highest BCUT2D eigenvalue weighted by atomic mass is 16.3. The molecule has 0 N–H and O–H groups in total. The van der Waals surface area contributed by atoms with Crippen molar-refractivity contribution in [1.29, 1.82) is 0 Å². The largest absolute Gasteiger partial charge is 0.468 e. The van der Waals surface area contributed by atoms with Crippen molar-refractivity contribution in [2.75, 3.05) is 19.6 Å². The third-order valence-electron chi connectivity index (χ3n) is 4.94. The van der Waals surface area contributed by atoms with Crippen molar-refractivity contribution in [3.63, 3.8) is 0 Å². The highest BCUT2D eigenvalue weighted by Gasteiger charge is 2.38. The minimum absolute atomic E-state index is 0.379. The average Bonchev–Trinajstić information content (AvgIpc) is 2.99. The van der Waals surface area contributed by atoms with Crippen LogP contribution in [-0.4, -0.2) is 41.4 Å². The normalized spacial score (nSPS) is 26.9. The van der Waals surface area contributed by atoms with Gasteiger partial charge in [0.15, 0.2) is 0 Å². The molecule has 2 saturated heterocycles. The summed E-state index contributed by atoms with van der Waals surface area (Å²) >= 11 is 0. The second-order valence-corrected chi connectivity index (χ2v) is 6.41. The molecule has 0 aromatic carbocycles. The number of hydrogen-bond acceptors (Lipinski definition) is 3. The summed E-state index contributed by atoms with van der Waals surface area (Å²) in [6.07, 6.45) is 6.94. The quantitative estimate of drug-likeness (QED) is 0.836. The van der Waals surface area contributed by atoms with E-state index in [1.54, 1.807) is 6.26 Å². The zero-order valence-electron chi connectivity index (χ0n) is 13.0. The summed E-state index contributed by atoms with van der Waals surface area (Å²) in [5.74, 6) is 2.07. The monoisotopic (exact) mass is 290 g/mol. The predicted octanol–water partition coefficient (Wildman–Crippen LogP) is 2.89. The lowest BCUT2D eigenvalue weighted by Gasteiger charge is -2.47. The van der Waals surface area contributed by atoms with Gasteiger partial charge in [-0.1, -0.05) is 13.3 Å². The van der Waals surface area contributed by atoms with Crippen LogP contribution in [0.3, 0.4) is 0 Å². The van der Waals surface area contributed by atoms with Gasteiger partial charge < -0.3 is 9.32 Å². The predicted molar refractivity (Wildman–Crippen MR) is 81.7 cm³/mol. The van der Waals surface area contributed by atoms with Crippen LogP contribution in [0.4, 0.5) is 0 Å². The molecule has 2 aliphatic heterocycles. The number of carbonyl (C=O) groups is 1. The Balaban J connectivity index is 1.60. The molecule has 0 bridgehead atoms. The molecular weight excluding hydrogens is 264 g/mol. The van der Waals surface area contributed by atoms with Gasteiger partial charge in [0.05, 0.1) is 12.8 Å². The van der Waals surface area contributed by atoms with Crippen LogP contribution in [0.25, 0.3) is 0 Å². The zero-order chi connectivity index (χ0) is 14.7. The number of carbonyl (C=O) groups excluding carboxylic acids is 1. The summed E-state index contributed by atoms with van der Waals surface area (Å²) in [6.45, 7) is 6.21. The minimum atomic E-state index is 0.379. The fourth-order valence-corrected chi connectivity index (χ4v) is 3.81. The molecule has 4 heteroatoms. The molecule has 0 aliphatic carbocycles. The van der Waals surface area contributed by atoms with Crippen LogP contribution in [0.1, 0.15) is 44.8 Å². The van der Waals surface area contributed by atoms with Crippen molar-refractivity contribution in [3.05, 3.63) is 24.2 Å². The topological polar surface area (TPSA) is 36.7 Å². The molecule has 3 heterocycles. The molecule has 1 aromatic heterocycles. The summed E-state index contributed by atoms with van der Waals surface area (Å²) in [5, 5.41) is 0. The molecule has 3 rings (SSSR count). The molecule has 2 fully saturated rings. The maximum Gasteiger partial charge on any atom is 0.222 e. The molecule has 1 amide bonds. The smallest absolute Gasteiger partial charge is 0.222 e. The van der Waals surface area contributed by atoms with Gasteiger partial charge in [0.2, 0.25) is 5.91 Å². The lowest BCUT2D eigenvalue weighted by atomic mass is 9.83. The second-order valence-electron chi connectivity index (χ2n) is 6.41. The number of furan rings is 1. The van der Waals surface area contributed by atoms with E-state index in [-0.39, 0.29) is 0 Å². The minimum Gasteiger partial charge on any atom is -0.468 e. The van der Waals surface area contributed by atoms with Crippen molar-refractivity contribution in [2.24, 2.45) is 5.92 Å². The molecule has 116 valence electrons. The fourth-order valence-electron chi connectivity index (χ4n) is 3.81. The molecule has 4 nitrogen and oxygen atoms in total. The van der Waals surface area contributed by atoms with Gasteiger partial charge in [-0.05, 0) is 37.3 Å². The van der Waals surface area contributed by atoms with E-state index in [1.807, 2.05) is 12.1 Å². The van der Waals surface area contributed by atoms with Gasteiger partial charge in [0.25, 0.3) is 0 Å². The Morgan fingerprint density at radius 1 is 1.38 bits per heavy atom. The van der Waals surface area contributed by atoms with E-state index >= 15 is 0 Å². The van der Waals surface area contributed by atoms with Crippen LogP contribution < -0.4 is 0 Å². The molecule has 2 atom stereocenters. The summed E-state index contributed by atoms with van der Waals surface area (Å²) < 4.78 is 5.46. The molecule has 0 spiro atoms. The van der Waals surface area contributed by atoms with Crippen molar-refractivity contribution < 1.29 is 9.21 Å². The number of rotatable bonds is 5. The molecule has 2 aliphatic rings. The van der Waals surface area contributed by atoms with E-state index in [0.29, 0.717) is 17.9 Å². The van der Waals surface area contributed by atoms with Crippen molar-refractivity contribution in [1.82, 2.24) is 9.80 Å². The maximum absolute atomic E-state index is 12.2. The number of nitrogens with zero attached hydrogens (tertiary/aromatic N) is 2. The Morgan fingerprint density at radius 2 is 2.29 bits per heavy atom. The molecule has 0 saturated carbocycles. The molecule has 1 aromatic rings. The number of amides is 1. The number of unbranched alkanes of at least 4 members (excludes halogenated alkanes) is 1. The van der Waals surface area contributed by atoms with Crippen molar-refractivity contribution in [2.45, 2.75) is 51.6 Å². The second kappa shape index (κ2) is 6.65. The summed E-state index contributed by atoms with van der Waals surface area (Å²) in [5.41, 5.74) is 0. The highest BCUT2D eigenvalue weighted by Crippen LogP contribution is 2.32. The van der Waals surface area contributed by atoms with Crippen molar-refractivity contribution >= 4 is 5.91 Å². The van der Waals surface area contributed by atoms with E-state index in [4.69, 9.17) is 4.42 Å². The first-order valence-electron chi connectivity index (χ1n) is 8.32. The SMILES string of the molecule is CCCCN1C(=O)CC[C@H]2CN(Cc3ccco3)CC[C@H]21. The van der Waals surface area contributed by atoms with Crippen LogP contribution in [0.15, 0.2) is 22.8 Å². The molecular formula is C17H26N2O2. The third-order valence-corrected chi connectivity index (χ3v) is 4.94. The van der Waals surface area contributed by atoms with Crippen molar-refractivity contribution in [3.8, 4) is 0 Å². The van der Waals surface area contributed by atoms with E-state index in [1.165, 1.54) is 0 Å². The molecule has 21 heavy (non-hydrogen) atoms. The maximum atomic E-state index is 12.2. The first kappa shape index (κ1) is 14.6. The van der Waals surface area contributed by atoms with Crippen LogP contribution in [0.5, 0.6) is 0 Å². The van der Waals surface area contributed by atoms with E-state index in [0.717, 1.165) is 64.0 Å². The van der Waals surface area contributed by atoms with E-state index in [2.05, 4.69) is 16.7 Å². The summed E-state index contributed by atoms with van der Waals surface area (Å²) in [4.78, 5) is 16.9. The lowest BCUT2D eigenvalue weighted by Crippen LogP contribution is -2.55. The summed E-state index contributed by atoms with van der Waals surface area (Å²) in [7, 11) is 0. The van der Waals surface area contributed by atoms with Gasteiger partial charge in [0, 0.05) is 32.1 Å². The van der Waals surface area contributed by atoms with E-state index < -0.39 is 0 Å². The van der Waals surface area contributed by atoms with Gasteiger partial charge in [-0.25, -0.2) is 0 Å². The Bertz CT molecular complexity index is 457. The summed E-state index contributed by atoms with van der Waals surface area (Å²) in [6, 6.07) is 4.48. The van der Waals surface area contributed by atoms with E-state index in [9.17, 15) is 4.79 Å². The fraction of sp³-hybridized carbons (Fsp3) is 0.706. The first-order chi connectivity index (χ1) is 10.3. The number of hydrogen-bond donors (Lipinski definition) is 0. The molecule has 0 unspecified atom stereocenters. The number of fused-ring (bicyclic) bond motifs is 1. The Hall–Kier alpha value is -1.29. The Labute approximate surface area is 127 Å².